The summed E-state index contributed by atoms with van der Waals surface area (Å²) in [6, 6.07) is 7.44. The van der Waals surface area contributed by atoms with Crippen molar-refractivity contribution in [2.24, 2.45) is 11.8 Å². The highest BCUT2D eigenvalue weighted by molar-refractivity contribution is 5.90. The minimum atomic E-state index is -0.114. The summed E-state index contributed by atoms with van der Waals surface area (Å²) in [5.74, 6) is 1.85. The van der Waals surface area contributed by atoms with Crippen LogP contribution in [0.5, 0.6) is 5.75 Å². The van der Waals surface area contributed by atoms with E-state index in [-0.39, 0.29) is 11.6 Å². The quantitative estimate of drug-likeness (QED) is 0.877. The number of anilines is 1. The average Bonchev–Trinajstić information content (AvgIpc) is 3.01. The van der Waals surface area contributed by atoms with Crippen LogP contribution in [0.3, 0.4) is 0 Å². The Bertz CT molecular complexity index is 544. The van der Waals surface area contributed by atoms with Crippen LogP contribution in [-0.2, 0) is 0 Å². The van der Waals surface area contributed by atoms with Gasteiger partial charge in [0.1, 0.15) is 5.75 Å². The largest absolute Gasteiger partial charge is 0.497 e. The Hall–Kier alpha value is -1.75. The molecule has 2 saturated heterocycles. The highest BCUT2D eigenvalue weighted by Crippen LogP contribution is 2.40. The Labute approximate surface area is 125 Å². The molecule has 2 amide bonds. The summed E-state index contributed by atoms with van der Waals surface area (Å²) in [6.45, 7) is 7.16. The SMILES string of the molecule is COc1cccc(NC(=O)N2CC3CNCC3C2(C)C)c1. The fourth-order valence-corrected chi connectivity index (χ4v) is 3.66. The summed E-state index contributed by atoms with van der Waals surface area (Å²) in [5.41, 5.74) is 0.655. The van der Waals surface area contributed by atoms with E-state index in [9.17, 15) is 4.79 Å². The molecular weight excluding hydrogens is 266 g/mol. The topological polar surface area (TPSA) is 53.6 Å². The van der Waals surface area contributed by atoms with Gasteiger partial charge in [0.05, 0.1) is 7.11 Å². The number of nitrogens with zero attached hydrogens (tertiary/aromatic N) is 1. The molecule has 0 saturated carbocycles. The van der Waals surface area contributed by atoms with Crippen molar-refractivity contribution in [1.82, 2.24) is 10.2 Å². The molecule has 2 heterocycles. The summed E-state index contributed by atoms with van der Waals surface area (Å²) in [6.07, 6.45) is 0. The summed E-state index contributed by atoms with van der Waals surface area (Å²) in [4.78, 5) is 14.6. The maximum Gasteiger partial charge on any atom is 0.322 e. The van der Waals surface area contributed by atoms with Crippen molar-refractivity contribution in [3.8, 4) is 5.75 Å². The lowest BCUT2D eigenvalue weighted by molar-refractivity contribution is 0.157. The van der Waals surface area contributed by atoms with Crippen LogP contribution in [0.15, 0.2) is 24.3 Å². The fourth-order valence-electron chi connectivity index (χ4n) is 3.66. The third-order valence-corrected chi connectivity index (χ3v) is 4.93. The van der Waals surface area contributed by atoms with Gasteiger partial charge in [-0.3, -0.25) is 0 Å². The van der Waals surface area contributed by atoms with E-state index >= 15 is 0 Å². The third-order valence-electron chi connectivity index (χ3n) is 4.93. The molecule has 114 valence electrons. The molecule has 5 nitrogen and oxygen atoms in total. The molecule has 1 aromatic carbocycles. The second kappa shape index (κ2) is 5.22. The van der Waals surface area contributed by atoms with E-state index < -0.39 is 0 Å². The number of carbonyl (C=O) groups is 1. The first kappa shape index (κ1) is 14.2. The summed E-state index contributed by atoms with van der Waals surface area (Å²) in [7, 11) is 1.62. The van der Waals surface area contributed by atoms with Crippen molar-refractivity contribution in [3.05, 3.63) is 24.3 Å². The lowest BCUT2D eigenvalue weighted by atomic mass is 9.85. The molecule has 5 heteroatoms. The third kappa shape index (κ3) is 2.46. The average molecular weight is 289 g/mol. The Balaban J connectivity index is 1.73. The number of hydrogen-bond donors (Lipinski definition) is 2. The van der Waals surface area contributed by atoms with E-state index in [0.29, 0.717) is 11.8 Å². The van der Waals surface area contributed by atoms with Crippen LogP contribution in [0.25, 0.3) is 0 Å². The molecule has 21 heavy (non-hydrogen) atoms. The second-order valence-electron chi connectivity index (χ2n) is 6.45. The number of methoxy groups -OCH3 is 1. The number of carbonyl (C=O) groups excluding carboxylic acids is 1. The highest BCUT2D eigenvalue weighted by Gasteiger charge is 2.51. The van der Waals surface area contributed by atoms with E-state index in [1.807, 2.05) is 29.2 Å². The molecule has 2 unspecified atom stereocenters. The minimum Gasteiger partial charge on any atom is -0.497 e. The van der Waals surface area contributed by atoms with Crippen molar-refractivity contribution in [3.63, 3.8) is 0 Å². The van der Waals surface area contributed by atoms with Crippen molar-refractivity contribution in [2.45, 2.75) is 19.4 Å². The lowest BCUT2D eigenvalue weighted by Crippen LogP contribution is -2.49. The number of likely N-dealkylation sites (tertiary alicyclic amines) is 1. The Morgan fingerprint density at radius 2 is 2.24 bits per heavy atom. The van der Waals surface area contributed by atoms with Gasteiger partial charge in [-0.25, -0.2) is 4.79 Å². The Morgan fingerprint density at radius 3 is 2.95 bits per heavy atom. The van der Waals surface area contributed by atoms with E-state index in [4.69, 9.17) is 4.74 Å². The molecule has 0 radical (unpaired) electrons. The Kier molecular flexibility index (Phi) is 3.53. The van der Waals surface area contributed by atoms with Gasteiger partial charge in [0.2, 0.25) is 0 Å². The van der Waals surface area contributed by atoms with Crippen LogP contribution in [0, 0.1) is 11.8 Å². The zero-order chi connectivity index (χ0) is 15.0. The van der Waals surface area contributed by atoms with Gasteiger partial charge in [0.15, 0.2) is 0 Å². The predicted molar refractivity (Wildman–Crippen MR) is 82.6 cm³/mol. The summed E-state index contributed by atoms with van der Waals surface area (Å²) in [5, 5.41) is 6.42. The summed E-state index contributed by atoms with van der Waals surface area (Å²) >= 11 is 0. The van der Waals surface area contributed by atoms with Gasteiger partial charge in [-0.05, 0) is 37.8 Å². The molecule has 1 aromatic rings. The fraction of sp³-hybridized carbons (Fsp3) is 0.562. The van der Waals surface area contributed by atoms with Crippen LogP contribution < -0.4 is 15.4 Å². The van der Waals surface area contributed by atoms with Gasteiger partial charge in [-0.1, -0.05) is 6.07 Å². The van der Waals surface area contributed by atoms with Crippen LogP contribution >= 0.6 is 0 Å². The molecule has 2 fully saturated rings. The molecule has 0 bridgehead atoms. The van der Waals surface area contributed by atoms with Crippen molar-refractivity contribution in [1.29, 1.82) is 0 Å². The molecular formula is C16H23N3O2. The van der Waals surface area contributed by atoms with Crippen molar-refractivity contribution >= 4 is 11.7 Å². The number of urea groups is 1. The van der Waals surface area contributed by atoms with Crippen LogP contribution in [0.2, 0.25) is 0 Å². The number of amides is 2. The Morgan fingerprint density at radius 1 is 1.43 bits per heavy atom. The number of nitrogens with one attached hydrogen (secondary N) is 2. The number of rotatable bonds is 2. The molecule has 2 N–H and O–H groups in total. The number of ether oxygens (including phenoxy) is 1. The minimum absolute atomic E-state index is 0.0253. The monoisotopic (exact) mass is 289 g/mol. The van der Waals surface area contributed by atoms with Crippen LogP contribution in [0.1, 0.15) is 13.8 Å². The lowest BCUT2D eigenvalue weighted by Gasteiger charge is -2.35. The first-order chi connectivity index (χ1) is 10.0. The zero-order valence-corrected chi connectivity index (χ0v) is 12.8. The standard InChI is InChI=1S/C16H23N3O2/c1-16(2)14-9-17-8-11(14)10-19(16)15(20)18-12-5-4-6-13(7-12)21-3/h4-7,11,14,17H,8-10H2,1-3H3,(H,18,20). The molecule has 2 aliphatic rings. The first-order valence-electron chi connectivity index (χ1n) is 7.46. The smallest absolute Gasteiger partial charge is 0.322 e. The van der Waals surface area contributed by atoms with E-state index in [1.54, 1.807) is 7.11 Å². The van der Waals surface area contributed by atoms with E-state index in [1.165, 1.54) is 0 Å². The van der Waals surface area contributed by atoms with Gasteiger partial charge in [0.25, 0.3) is 0 Å². The molecule has 3 rings (SSSR count). The van der Waals surface area contributed by atoms with E-state index in [0.717, 1.165) is 31.1 Å². The molecule has 2 atom stereocenters. The number of benzene rings is 1. The zero-order valence-electron chi connectivity index (χ0n) is 12.8. The van der Waals surface area contributed by atoms with Gasteiger partial charge in [0, 0.05) is 36.9 Å². The van der Waals surface area contributed by atoms with Crippen molar-refractivity contribution in [2.75, 3.05) is 32.1 Å². The van der Waals surface area contributed by atoms with Gasteiger partial charge in [-0.15, -0.1) is 0 Å². The van der Waals surface area contributed by atoms with Gasteiger partial charge in [-0.2, -0.15) is 0 Å². The summed E-state index contributed by atoms with van der Waals surface area (Å²) < 4.78 is 5.19. The molecule has 0 spiro atoms. The number of fused-ring (bicyclic) bond motifs is 1. The molecule has 0 aromatic heterocycles. The normalized spacial score (nSPS) is 26.5. The maximum absolute atomic E-state index is 12.6. The van der Waals surface area contributed by atoms with Gasteiger partial charge >= 0.3 is 6.03 Å². The molecule has 0 aliphatic carbocycles. The highest BCUT2D eigenvalue weighted by atomic mass is 16.5. The van der Waals surface area contributed by atoms with Crippen molar-refractivity contribution < 1.29 is 9.53 Å². The number of hydrogen-bond acceptors (Lipinski definition) is 3. The van der Waals surface area contributed by atoms with Gasteiger partial charge < -0.3 is 20.3 Å². The first-order valence-corrected chi connectivity index (χ1v) is 7.46. The second-order valence-corrected chi connectivity index (χ2v) is 6.45. The van der Waals surface area contributed by atoms with Crippen LogP contribution in [-0.4, -0.2) is 43.2 Å². The van der Waals surface area contributed by atoms with Crippen LogP contribution in [0.4, 0.5) is 10.5 Å². The maximum atomic E-state index is 12.6. The molecule has 2 aliphatic heterocycles. The van der Waals surface area contributed by atoms with E-state index in [2.05, 4.69) is 24.5 Å². The predicted octanol–water partition coefficient (Wildman–Crippen LogP) is 2.16.